The Morgan fingerprint density at radius 3 is 2.84 bits per heavy atom. The molecule has 1 heterocycles. The van der Waals surface area contributed by atoms with Gasteiger partial charge >= 0.3 is 5.97 Å². The van der Waals surface area contributed by atoms with Crippen LogP contribution < -0.4 is 5.32 Å². The number of nitrogens with one attached hydrogen (secondary N) is 1. The normalized spacial score (nSPS) is 10.1. The summed E-state index contributed by atoms with van der Waals surface area (Å²) in [7, 11) is 0. The monoisotopic (exact) mass is 261 g/mol. The summed E-state index contributed by atoms with van der Waals surface area (Å²) in [6.45, 7) is -0.276. The number of rotatable bonds is 4. The van der Waals surface area contributed by atoms with E-state index in [9.17, 15) is 14.7 Å². The van der Waals surface area contributed by atoms with Crippen molar-refractivity contribution >= 4 is 17.6 Å². The van der Waals surface area contributed by atoms with E-state index in [1.165, 1.54) is 29.2 Å². The molecule has 3 N–H and O–H groups in total. The molecule has 98 valence electrons. The van der Waals surface area contributed by atoms with Crippen LogP contribution in [0.2, 0.25) is 0 Å². The topological polar surface area (TPSA) is 104 Å². The standard InChI is InChI=1S/C12H11N3O4/c16-10-3-1-2-8(4-10)12(19)14-9-5-13-15(6-9)7-11(17)18/h1-6,16H,7H2,(H,14,19)(H,17,18). The van der Waals surface area contributed by atoms with Crippen molar-refractivity contribution in [1.82, 2.24) is 9.78 Å². The van der Waals surface area contributed by atoms with Gasteiger partial charge in [-0.1, -0.05) is 6.07 Å². The van der Waals surface area contributed by atoms with E-state index in [1.54, 1.807) is 12.1 Å². The lowest BCUT2D eigenvalue weighted by Crippen LogP contribution is -2.11. The summed E-state index contributed by atoms with van der Waals surface area (Å²) in [6.07, 6.45) is 2.76. The summed E-state index contributed by atoms with van der Waals surface area (Å²) < 4.78 is 1.19. The van der Waals surface area contributed by atoms with Crippen LogP contribution in [0.5, 0.6) is 5.75 Å². The molecule has 0 saturated carbocycles. The molecular weight excluding hydrogens is 250 g/mol. The Labute approximate surface area is 108 Å². The Morgan fingerprint density at radius 1 is 1.37 bits per heavy atom. The molecule has 0 spiro atoms. The molecule has 0 saturated heterocycles. The quantitative estimate of drug-likeness (QED) is 0.759. The Bertz CT molecular complexity index is 621. The number of anilines is 1. The zero-order chi connectivity index (χ0) is 13.8. The minimum absolute atomic E-state index is 0.00535. The van der Waals surface area contributed by atoms with Gasteiger partial charge in [-0.15, -0.1) is 0 Å². The van der Waals surface area contributed by atoms with E-state index < -0.39 is 11.9 Å². The van der Waals surface area contributed by atoms with Crippen LogP contribution in [0.1, 0.15) is 10.4 Å². The second-order valence-electron chi connectivity index (χ2n) is 3.82. The lowest BCUT2D eigenvalue weighted by Gasteiger charge is -2.02. The zero-order valence-corrected chi connectivity index (χ0v) is 9.78. The number of aromatic nitrogens is 2. The Morgan fingerprint density at radius 2 is 2.16 bits per heavy atom. The van der Waals surface area contributed by atoms with Crippen LogP contribution in [0.25, 0.3) is 0 Å². The van der Waals surface area contributed by atoms with E-state index >= 15 is 0 Å². The van der Waals surface area contributed by atoms with E-state index in [-0.39, 0.29) is 12.3 Å². The third-order valence-corrected chi connectivity index (χ3v) is 2.30. The molecular formula is C12H11N3O4. The van der Waals surface area contributed by atoms with Gasteiger partial charge in [0.05, 0.1) is 11.9 Å². The molecule has 2 aromatic rings. The molecule has 19 heavy (non-hydrogen) atoms. The summed E-state index contributed by atoms with van der Waals surface area (Å²) in [6, 6.07) is 5.90. The molecule has 0 atom stereocenters. The molecule has 1 aromatic carbocycles. The van der Waals surface area contributed by atoms with Crippen LogP contribution in [0.3, 0.4) is 0 Å². The van der Waals surface area contributed by atoms with Gasteiger partial charge in [0.25, 0.3) is 5.91 Å². The van der Waals surface area contributed by atoms with Gasteiger partial charge in [0.2, 0.25) is 0 Å². The second kappa shape index (κ2) is 5.21. The summed E-state index contributed by atoms with van der Waals surface area (Å²) in [4.78, 5) is 22.3. The third-order valence-electron chi connectivity index (χ3n) is 2.30. The SMILES string of the molecule is O=C(O)Cn1cc(NC(=O)c2cccc(O)c2)cn1. The van der Waals surface area contributed by atoms with Gasteiger partial charge in [-0.25, -0.2) is 0 Å². The molecule has 0 fully saturated rings. The molecule has 0 radical (unpaired) electrons. The number of carbonyl (C=O) groups excluding carboxylic acids is 1. The molecule has 7 heteroatoms. The van der Waals surface area contributed by atoms with Crippen LogP contribution in [0.4, 0.5) is 5.69 Å². The van der Waals surface area contributed by atoms with Gasteiger partial charge in [0.1, 0.15) is 12.3 Å². The largest absolute Gasteiger partial charge is 0.508 e. The first-order valence-electron chi connectivity index (χ1n) is 5.39. The highest BCUT2D eigenvalue weighted by molar-refractivity contribution is 6.04. The van der Waals surface area contributed by atoms with E-state index in [0.717, 1.165) is 0 Å². The smallest absolute Gasteiger partial charge is 0.325 e. The first-order valence-corrected chi connectivity index (χ1v) is 5.39. The number of amides is 1. The lowest BCUT2D eigenvalue weighted by molar-refractivity contribution is -0.137. The number of benzene rings is 1. The maximum atomic E-state index is 11.8. The number of nitrogens with zero attached hydrogens (tertiary/aromatic N) is 2. The molecule has 0 aliphatic heterocycles. The van der Waals surface area contributed by atoms with E-state index in [2.05, 4.69) is 10.4 Å². The van der Waals surface area contributed by atoms with Gasteiger partial charge in [0.15, 0.2) is 0 Å². The van der Waals surface area contributed by atoms with Crippen molar-refractivity contribution in [2.75, 3.05) is 5.32 Å². The summed E-state index contributed by atoms with van der Waals surface area (Å²) in [5.41, 5.74) is 0.681. The fourth-order valence-corrected chi connectivity index (χ4v) is 1.50. The minimum Gasteiger partial charge on any atom is -0.508 e. The molecule has 0 unspecified atom stereocenters. The highest BCUT2D eigenvalue weighted by atomic mass is 16.4. The lowest BCUT2D eigenvalue weighted by atomic mass is 10.2. The van der Waals surface area contributed by atoms with Gasteiger partial charge in [-0.05, 0) is 18.2 Å². The van der Waals surface area contributed by atoms with Crippen LogP contribution in [-0.4, -0.2) is 31.9 Å². The van der Waals surface area contributed by atoms with Crippen molar-refractivity contribution in [3.8, 4) is 5.75 Å². The second-order valence-corrected chi connectivity index (χ2v) is 3.82. The van der Waals surface area contributed by atoms with Crippen LogP contribution in [-0.2, 0) is 11.3 Å². The number of phenolic OH excluding ortho intramolecular Hbond substituents is 1. The summed E-state index contributed by atoms with van der Waals surface area (Å²) in [5.74, 6) is -1.44. The summed E-state index contributed by atoms with van der Waals surface area (Å²) in [5, 5.41) is 24.2. The van der Waals surface area contributed by atoms with Crippen LogP contribution in [0.15, 0.2) is 36.7 Å². The number of carboxylic acid groups (broad SMARTS) is 1. The highest BCUT2D eigenvalue weighted by Gasteiger charge is 2.09. The number of aliphatic carboxylic acids is 1. The molecule has 7 nitrogen and oxygen atoms in total. The molecule has 1 aromatic heterocycles. The van der Waals surface area contributed by atoms with Crippen molar-refractivity contribution in [3.05, 3.63) is 42.2 Å². The van der Waals surface area contributed by atoms with E-state index in [4.69, 9.17) is 5.11 Å². The number of phenols is 1. The molecule has 2 rings (SSSR count). The van der Waals surface area contributed by atoms with Gasteiger partial charge in [-0.3, -0.25) is 14.3 Å². The minimum atomic E-state index is -1.02. The Balaban J connectivity index is 2.06. The van der Waals surface area contributed by atoms with Crippen LogP contribution in [0, 0.1) is 0 Å². The Hall–Kier alpha value is -2.83. The van der Waals surface area contributed by atoms with Gasteiger partial charge in [-0.2, -0.15) is 5.10 Å². The van der Waals surface area contributed by atoms with Crippen molar-refractivity contribution < 1.29 is 19.8 Å². The molecule has 0 bridgehead atoms. The first-order chi connectivity index (χ1) is 9.04. The zero-order valence-electron chi connectivity index (χ0n) is 9.78. The summed E-state index contributed by atoms with van der Waals surface area (Å²) >= 11 is 0. The fraction of sp³-hybridized carbons (Fsp3) is 0.0833. The van der Waals surface area contributed by atoms with Crippen LogP contribution >= 0.6 is 0 Å². The number of hydrogen-bond donors (Lipinski definition) is 3. The highest BCUT2D eigenvalue weighted by Crippen LogP contribution is 2.13. The molecule has 1 amide bonds. The molecule has 0 aliphatic rings. The van der Waals surface area contributed by atoms with Crippen molar-refractivity contribution in [2.45, 2.75) is 6.54 Å². The fourth-order valence-electron chi connectivity index (χ4n) is 1.50. The average Bonchev–Trinajstić information content (AvgIpc) is 2.75. The van der Waals surface area contributed by atoms with Gasteiger partial charge < -0.3 is 15.5 Å². The average molecular weight is 261 g/mol. The first kappa shape index (κ1) is 12.6. The van der Waals surface area contributed by atoms with Crippen molar-refractivity contribution in [2.24, 2.45) is 0 Å². The maximum Gasteiger partial charge on any atom is 0.325 e. The van der Waals surface area contributed by atoms with Crippen molar-refractivity contribution in [1.29, 1.82) is 0 Å². The predicted octanol–water partition coefficient (Wildman–Crippen LogP) is 0.926. The number of hydrogen-bond acceptors (Lipinski definition) is 4. The molecule has 0 aliphatic carbocycles. The van der Waals surface area contributed by atoms with E-state index in [1.807, 2.05) is 0 Å². The number of carbonyl (C=O) groups is 2. The Kier molecular flexibility index (Phi) is 3.46. The van der Waals surface area contributed by atoms with Gasteiger partial charge in [0, 0.05) is 11.8 Å². The number of aromatic hydroxyl groups is 1. The van der Waals surface area contributed by atoms with Crippen molar-refractivity contribution in [3.63, 3.8) is 0 Å². The van der Waals surface area contributed by atoms with E-state index in [0.29, 0.717) is 11.3 Å². The number of carboxylic acids is 1. The third kappa shape index (κ3) is 3.32. The predicted molar refractivity (Wildman–Crippen MR) is 65.9 cm³/mol. The maximum absolute atomic E-state index is 11.8.